The molecule has 2 heterocycles. The van der Waals surface area contributed by atoms with E-state index in [0.717, 1.165) is 29.8 Å². The second-order valence-corrected chi connectivity index (χ2v) is 6.65. The van der Waals surface area contributed by atoms with Gasteiger partial charge in [0.1, 0.15) is 5.82 Å². The Balaban J connectivity index is 1.67. The highest BCUT2D eigenvalue weighted by molar-refractivity contribution is 5.67. The Labute approximate surface area is 158 Å². The first-order chi connectivity index (χ1) is 13.3. The molecule has 3 aromatic rings. The molecule has 4 rings (SSSR count). The average Bonchev–Trinajstić information content (AvgIpc) is 3.21. The van der Waals surface area contributed by atoms with Gasteiger partial charge in [-0.15, -0.1) is 0 Å². The lowest BCUT2D eigenvalue weighted by molar-refractivity contribution is 0.744. The van der Waals surface area contributed by atoms with Gasteiger partial charge in [-0.05, 0) is 43.2 Å². The summed E-state index contributed by atoms with van der Waals surface area (Å²) in [6.45, 7) is 0. The van der Waals surface area contributed by atoms with Gasteiger partial charge in [-0.1, -0.05) is 18.9 Å². The summed E-state index contributed by atoms with van der Waals surface area (Å²) in [6, 6.07) is 15.7. The van der Waals surface area contributed by atoms with Crippen LogP contribution in [0.15, 0.2) is 54.9 Å². The fourth-order valence-electron chi connectivity index (χ4n) is 3.31. The highest BCUT2D eigenvalue weighted by Crippen LogP contribution is 2.26. The van der Waals surface area contributed by atoms with Crippen LogP contribution in [-0.2, 0) is 0 Å². The van der Waals surface area contributed by atoms with Crippen molar-refractivity contribution in [3.63, 3.8) is 0 Å². The van der Waals surface area contributed by atoms with Gasteiger partial charge in [0.15, 0.2) is 0 Å². The summed E-state index contributed by atoms with van der Waals surface area (Å²) in [5.74, 6) is 1.29. The van der Waals surface area contributed by atoms with Gasteiger partial charge in [-0.25, -0.2) is 4.98 Å². The molecule has 27 heavy (non-hydrogen) atoms. The first-order valence-electron chi connectivity index (χ1n) is 9.13. The van der Waals surface area contributed by atoms with Gasteiger partial charge in [-0.2, -0.15) is 10.2 Å². The highest BCUT2D eigenvalue weighted by Gasteiger charge is 2.17. The van der Waals surface area contributed by atoms with Crippen LogP contribution in [0.25, 0.3) is 11.3 Å². The predicted molar refractivity (Wildman–Crippen MR) is 106 cm³/mol. The normalized spacial score (nSPS) is 13.9. The fraction of sp³-hybridized carbons (Fsp3) is 0.238. The topological polar surface area (TPSA) is 86.5 Å². The Morgan fingerprint density at radius 1 is 1.04 bits per heavy atom. The third kappa shape index (κ3) is 4.21. The molecular weight excluding hydrogens is 336 g/mol. The zero-order valence-corrected chi connectivity index (χ0v) is 14.9. The van der Waals surface area contributed by atoms with E-state index in [-0.39, 0.29) is 0 Å². The smallest absolute Gasteiger partial charge is 0.225 e. The van der Waals surface area contributed by atoms with Crippen molar-refractivity contribution >= 4 is 17.5 Å². The zero-order chi connectivity index (χ0) is 18.5. The van der Waals surface area contributed by atoms with E-state index in [1.165, 1.54) is 12.8 Å². The monoisotopic (exact) mass is 356 g/mol. The van der Waals surface area contributed by atoms with Crippen LogP contribution in [0.5, 0.6) is 0 Å². The van der Waals surface area contributed by atoms with Crippen molar-refractivity contribution in [3.8, 4) is 17.3 Å². The molecule has 134 valence electrons. The van der Waals surface area contributed by atoms with Crippen LogP contribution in [0.4, 0.5) is 17.5 Å². The van der Waals surface area contributed by atoms with E-state index in [1.54, 1.807) is 24.5 Å². The summed E-state index contributed by atoms with van der Waals surface area (Å²) in [5.41, 5.74) is 3.16. The third-order valence-corrected chi connectivity index (χ3v) is 4.64. The number of nitrogens with one attached hydrogen (secondary N) is 2. The molecule has 0 spiro atoms. The minimum atomic E-state index is 0.420. The molecule has 1 aliphatic carbocycles. The summed E-state index contributed by atoms with van der Waals surface area (Å²) in [4.78, 5) is 13.5. The molecule has 2 N–H and O–H groups in total. The first-order valence-corrected chi connectivity index (χ1v) is 9.13. The van der Waals surface area contributed by atoms with E-state index in [4.69, 9.17) is 5.26 Å². The number of aromatic nitrogens is 3. The summed E-state index contributed by atoms with van der Waals surface area (Å²) in [6.07, 6.45) is 8.32. The quantitative estimate of drug-likeness (QED) is 0.699. The van der Waals surface area contributed by atoms with Crippen LogP contribution in [0, 0.1) is 11.3 Å². The van der Waals surface area contributed by atoms with E-state index in [1.807, 2.05) is 30.3 Å². The molecule has 6 nitrogen and oxygen atoms in total. The minimum absolute atomic E-state index is 0.420. The zero-order valence-electron chi connectivity index (χ0n) is 14.9. The Hall–Kier alpha value is -3.46. The number of benzene rings is 1. The lowest BCUT2D eigenvalue weighted by atomic mass is 10.2. The molecule has 1 fully saturated rings. The molecule has 0 aliphatic heterocycles. The van der Waals surface area contributed by atoms with Crippen molar-refractivity contribution in [2.45, 2.75) is 31.7 Å². The standard InChI is InChI=1S/C21H20N6/c22-13-15-5-3-9-18(11-15)24-20-12-19(16-6-4-10-23-14-16)26-21(27-20)25-17-7-1-2-8-17/h3-6,9-12,14,17H,1-2,7-8H2,(H2,24,25,26,27). The summed E-state index contributed by atoms with van der Waals surface area (Å²) in [7, 11) is 0. The maximum atomic E-state index is 9.10. The largest absolute Gasteiger partial charge is 0.351 e. The second-order valence-electron chi connectivity index (χ2n) is 6.65. The first kappa shape index (κ1) is 17.0. The molecular formula is C21H20N6. The summed E-state index contributed by atoms with van der Waals surface area (Å²) >= 11 is 0. The second kappa shape index (κ2) is 7.83. The Kier molecular flexibility index (Phi) is 4.93. The number of anilines is 3. The number of hydrogen-bond acceptors (Lipinski definition) is 6. The minimum Gasteiger partial charge on any atom is -0.351 e. The summed E-state index contributed by atoms with van der Waals surface area (Å²) in [5, 5.41) is 15.9. The van der Waals surface area contributed by atoms with Crippen LogP contribution in [-0.4, -0.2) is 21.0 Å². The summed E-state index contributed by atoms with van der Waals surface area (Å²) < 4.78 is 0. The molecule has 6 heteroatoms. The molecule has 0 atom stereocenters. The number of nitrogens with zero attached hydrogens (tertiary/aromatic N) is 4. The Morgan fingerprint density at radius 3 is 2.70 bits per heavy atom. The van der Waals surface area contributed by atoms with Crippen LogP contribution >= 0.6 is 0 Å². The van der Waals surface area contributed by atoms with Gasteiger partial charge in [0.2, 0.25) is 5.95 Å². The van der Waals surface area contributed by atoms with Gasteiger partial charge < -0.3 is 10.6 Å². The number of hydrogen-bond donors (Lipinski definition) is 2. The van der Waals surface area contributed by atoms with Crippen molar-refractivity contribution in [3.05, 3.63) is 60.4 Å². The average molecular weight is 356 g/mol. The van der Waals surface area contributed by atoms with Crippen LogP contribution in [0.1, 0.15) is 31.2 Å². The lowest BCUT2D eigenvalue weighted by Gasteiger charge is -2.15. The SMILES string of the molecule is N#Cc1cccc(Nc2cc(-c3cccnc3)nc(NC3CCCC3)n2)c1. The van der Waals surface area contributed by atoms with Gasteiger partial charge >= 0.3 is 0 Å². The maximum absolute atomic E-state index is 9.10. The van der Waals surface area contributed by atoms with Crippen LogP contribution < -0.4 is 10.6 Å². The van der Waals surface area contributed by atoms with Gasteiger partial charge in [0, 0.05) is 35.8 Å². The van der Waals surface area contributed by atoms with Gasteiger partial charge in [-0.3, -0.25) is 4.98 Å². The van der Waals surface area contributed by atoms with Gasteiger partial charge in [0.25, 0.3) is 0 Å². The van der Waals surface area contributed by atoms with Crippen molar-refractivity contribution < 1.29 is 0 Å². The van der Waals surface area contributed by atoms with E-state index >= 15 is 0 Å². The van der Waals surface area contributed by atoms with E-state index < -0.39 is 0 Å². The molecule has 0 unspecified atom stereocenters. The van der Waals surface area contributed by atoms with Crippen molar-refractivity contribution in [1.82, 2.24) is 15.0 Å². The molecule has 0 saturated heterocycles. The van der Waals surface area contributed by atoms with Crippen molar-refractivity contribution in [2.75, 3.05) is 10.6 Å². The highest BCUT2D eigenvalue weighted by atomic mass is 15.2. The van der Waals surface area contributed by atoms with E-state index in [9.17, 15) is 0 Å². The number of rotatable bonds is 5. The van der Waals surface area contributed by atoms with Crippen LogP contribution in [0.3, 0.4) is 0 Å². The third-order valence-electron chi connectivity index (χ3n) is 4.64. The maximum Gasteiger partial charge on any atom is 0.225 e. The molecule has 0 radical (unpaired) electrons. The fourth-order valence-corrected chi connectivity index (χ4v) is 3.31. The lowest BCUT2D eigenvalue weighted by Crippen LogP contribution is -2.17. The molecule has 1 saturated carbocycles. The number of nitriles is 1. The predicted octanol–water partition coefficient (Wildman–Crippen LogP) is 4.51. The number of pyridine rings is 1. The van der Waals surface area contributed by atoms with Crippen molar-refractivity contribution in [1.29, 1.82) is 5.26 Å². The molecule has 0 amide bonds. The molecule has 1 aromatic carbocycles. The molecule has 1 aliphatic rings. The molecule has 0 bridgehead atoms. The Bertz CT molecular complexity index is 958. The molecule has 2 aromatic heterocycles. The van der Waals surface area contributed by atoms with E-state index in [2.05, 4.69) is 31.7 Å². The van der Waals surface area contributed by atoms with Crippen molar-refractivity contribution in [2.24, 2.45) is 0 Å². The van der Waals surface area contributed by atoms with Crippen LogP contribution in [0.2, 0.25) is 0 Å². The van der Waals surface area contributed by atoms with E-state index in [0.29, 0.717) is 23.4 Å². The van der Waals surface area contributed by atoms with Gasteiger partial charge in [0.05, 0.1) is 17.3 Å². The Morgan fingerprint density at radius 2 is 1.93 bits per heavy atom.